The fraction of sp³-hybridized carbons (Fsp3) is 0.190. The van der Waals surface area contributed by atoms with Crippen LogP contribution in [0.5, 0.6) is 23.0 Å². The van der Waals surface area contributed by atoms with Crippen molar-refractivity contribution >= 4 is 27.9 Å². The van der Waals surface area contributed by atoms with Gasteiger partial charge in [0.1, 0.15) is 21.4 Å². The smallest absolute Gasteiger partial charge is 0.388 e. The molecule has 37 heavy (non-hydrogen) atoms. The zero-order valence-corrected chi connectivity index (χ0v) is 20.8. The average Bonchev–Trinajstić information content (AvgIpc) is 2.80. The van der Waals surface area contributed by atoms with E-state index in [4.69, 9.17) is 35.9 Å². The Morgan fingerprint density at radius 3 is 2.05 bits per heavy atom. The van der Waals surface area contributed by atoms with E-state index in [1.54, 1.807) is 27.5 Å². The van der Waals surface area contributed by atoms with Gasteiger partial charge in [0.05, 0.1) is 32.4 Å². The maximum absolute atomic E-state index is 10.5. The summed E-state index contributed by atoms with van der Waals surface area (Å²) in [7, 11) is 0.0210. The highest BCUT2D eigenvalue weighted by atomic mass is 32.2. The third-order valence-electron chi connectivity index (χ3n) is 4.57. The predicted molar refractivity (Wildman–Crippen MR) is 129 cm³/mol. The third kappa shape index (κ3) is 8.36. The molecule has 0 bridgehead atoms. The van der Waals surface area contributed by atoms with E-state index in [-0.39, 0.29) is 16.9 Å². The quantitative estimate of drug-likeness (QED) is 0.261. The molecule has 2 aromatic carbocycles. The van der Waals surface area contributed by atoms with E-state index in [2.05, 4.69) is 9.97 Å². The molecule has 3 rings (SSSR count). The Labute approximate surface area is 211 Å². The average molecular weight is 545 g/mol. The summed E-state index contributed by atoms with van der Waals surface area (Å²) < 4.78 is 47.4. The molecule has 0 aliphatic rings. The van der Waals surface area contributed by atoms with Crippen LogP contribution in [0.15, 0.2) is 41.4 Å². The summed E-state index contributed by atoms with van der Waals surface area (Å²) in [5, 5.41) is 17.5. The number of anilines is 2. The fourth-order valence-electron chi connectivity index (χ4n) is 2.91. The molecule has 0 amide bonds. The van der Waals surface area contributed by atoms with Gasteiger partial charge in [-0.1, -0.05) is 4.98 Å². The Bertz CT molecular complexity index is 1310. The number of aromatic amines is 1. The Morgan fingerprint density at radius 1 is 1.05 bits per heavy atom. The highest BCUT2D eigenvalue weighted by molar-refractivity contribution is 7.85. The van der Waals surface area contributed by atoms with E-state index >= 15 is 0 Å². The van der Waals surface area contributed by atoms with Crippen molar-refractivity contribution in [2.24, 2.45) is 0 Å². The second-order valence-electron chi connectivity index (χ2n) is 6.84. The lowest BCUT2D eigenvalue weighted by Gasteiger charge is -2.14. The molecular weight excluding hydrogens is 516 g/mol. The van der Waals surface area contributed by atoms with Gasteiger partial charge in [-0.2, -0.15) is 0 Å². The third-order valence-corrected chi connectivity index (χ3v) is 5.40. The van der Waals surface area contributed by atoms with Crippen LogP contribution in [0.25, 0.3) is 0 Å². The number of hydrogen-bond acceptors (Lipinski definition) is 11. The minimum atomic E-state index is -4.70. The number of phenols is 1. The van der Waals surface area contributed by atoms with Gasteiger partial charge in [-0.25, -0.2) is 18.2 Å². The number of aromatic nitrogens is 2. The van der Waals surface area contributed by atoms with E-state index in [1.807, 2.05) is 12.1 Å². The minimum Gasteiger partial charge on any atom is -0.744 e. The monoisotopic (exact) mass is 544 g/mol. The number of nitrogens with zero attached hydrogens (tertiary/aromatic N) is 1. The van der Waals surface area contributed by atoms with E-state index in [0.29, 0.717) is 35.6 Å². The first-order chi connectivity index (χ1) is 16.4. The van der Waals surface area contributed by atoms with Crippen LogP contribution in [0.2, 0.25) is 0 Å². The lowest BCUT2D eigenvalue weighted by atomic mass is 10.1. The number of aromatic carboxylic acids is 1. The van der Waals surface area contributed by atoms with E-state index in [0.717, 1.165) is 23.3 Å². The van der Waals surface area contributed by atoms with E-state index in [1.165, 1.54) is 0 Å². The maximum atomic E-state index is 10.5. The largest absolute Gasteiger partial charge is 0.744 e. The van der Waals surface area contributed by atoms with Crippen LogP contribution >= 0.6 is 0 Å². The molecule has 0 aliphatic carbocycles. The number of carbonyl (C=O) groups is 1. The number of hydrogen-bond donors (Lipinski definition) is 4. The number of ether oxygens (including phenoxy) is 3. The molecular formula is C21H28N4O11S. The molecule has 15 nitrogen and oxygen atoms in total. The molecule has 0 saturated carbocycles. The second kappa shape index (κ2) is 13.6. The zero-order valence-electron chi connectivity index (χ0n) is 19.9. The molecule has 3 aromatic rings. The Balaban J connectivity index is 0.000000714. The van der Waals surface area contributed by atoms with Crippen LogP contribution < -0.4 is 30.7 Å². The molecule has 0 radical (unpaired) electrons. The first kappa shape index (κ1) is 32.6. The Morgan fingerprint density at radius 2 is 1.62 bits per heavy atom. The highest BCUT2D eigenvalue weighted by Gasteiger charge is 2.16. The van der Waals surface area contributed by atoms with Crippen LogP contribution in [-0.2, 0) is 16.5 Å². The molecule has 0 spiro atoms. The van der Waals surface area contributed by atoms with Crippen molar-refractivity contribution in [2.45, 2.75) is 11.3 Å². The molecule has 0 saturated heterocycles. The van der Waals surface area contributed by atoms with E-state index in [9.17, 15) is 17.8 Å². The van der Waals surface area contributed by atoms with Crippen molar-refractivity contribution in [3.8, 4) is 23.0 Å². The van der Waals surface area contributed by atoms with Gasteiger partial charge in [-0.15, -0.1) is 0 Å². The van der Waals surface area contributed by atoms with Crippen LogP contribution in [0.4, 0.5) is 11.8 Å². The topological polar surface area (TPSA) is 284 Å². The van der Waals surface area contributed by atoms with Crippen LogP contribution in [-0.4, -0.2) is 66.4 Å². The molecule has 204 valence electrons. The predicted octanol–water partition coefficient (Wildman–Crippen LogP) is -0.978. The normalized spacial score (nSPS) is 10.1. The van der Waals surface area contributed by atoms with Crippen LogP contribution in [0.3, 0.4) is 0 Å². The molecule has 1 aromatic heterocycles. The number of aromatic hydroxyl groups is 1. The number of nitrogens with one attached hydrogen (secondary N) is 1. The standard InChI is InChI=1S/C14H18N4O3.C7H6O6S.2H2O/c1-19-10-5-8(6-11(20-2)12(10)21-3)4-9-7-17-14(16)18-13(9)15;8-6-2-1-4(14(11,12)13)3-5(6)7(9)10;;/h5-7H,4H2,1-3H3,(H4,15,16,17,18);1-3,8H,(H,9,10)(H,11,12,13);2*1H2. The van der Waals surface area contributed by atoms with Gasteiger partial charge in [0, 0.05) is 12.0 Å². The van der Waals surface area contributed by atoms with Crippen molar-refractivity contribution in [3.05, 3.63) is 53.2 Å². The number of nitrogen functional groups attached to an aromatic ring is 2. The first-order valence-corrected chi connectivity index (χ1v) is 11.1. The van der Waals surface area contributed by atoms with Crippen molar-refractivity contribution in [2.75, 3.05) is 32.8 Å². The number of nitrogens with two attached hydrogens (primary N) is 2. The number of benzene rings is 2. The van der Waals surface area contributed by atoms with E-state index < -0.39 is 32.3 Å². The Kier molecular flexibility index (Phi) is 12.0. The lowest BCUT2D eigenvalue weighted by Crippen LogP contribution is -2.16. The van der Waals surface area contributed by atoms with Crippen LogP contribution in [0, 0.1) is 0 Å². The maximum Gasteiger partial charge on any atom is 0.388 e. The summed E-state index contributed by atoms with van der Waals surface area (Å²) in [6, 6.07) is 6.03. The first-order valence-electron chi connectivity index (χ1n) is 9.64. The fourth-order valence-corrected chi connectivity index (χ4v) is 3.41. The zero-order chi connectivity index (χ0) is 26.3. The summed E-state index contributed by atoms with van der Waals surface area (Å²) in [4.78, 5) is 16.6. The second-order valence-corrected chi connectivity index (χ2v) is 8.22. The molecule has 1 heterocycles. The van der Waals surface area contributed by atoms with Crippen LogP contribution in [0.1, 0.15) is 21.5 Å². The van der Waals surface area contributed by atoms with Gasteiger partial charge in [0.25, 0.3) is 0 Å². The molecule has 16 heteroatoms. The van der Waals surface area contributed by atoms with Gasteiger partial charge in [-0.05, 0) is 35.9 Å². The summed E-state index contributed by atoms with van der Waals surface area (Å²) in [6.45, 7) is 0. The minimum absolute atomic E-state index is 0. The molecule has 0 aliphatic heterocycles. The Hall–Kier alpha value is -4.38. The molecule has 0 atom stereocenters. The number of carboxylic acids is 1. The van der Waals surface area contributed by atoms with Gasteiger partial charge in [0.15, 0.2) is 11.5 Å². The van der Waals surface area contributed by atoms with Crippen molar-refractivity contribution in [1.82, 2.24) is 4.98 Å². The van der Waals surface area contributed by atoms with Gasteiger partial charge in [0.2, 0.25) is 11.6 Å². The number of carboxylic acid groups (broad SMARTS) is 1. The van der Waals surface area contributed by atoms with Crippen molar-refractivity contribution < 1.29 is 58.1 Å². The lowest BCUT2D eigenvalue weighted by molar-refractivity contribution is -0.364. The summed E-state index contributed by atoms with van der Waals surface area (Å²) in [5.74, 6) is 0.313. The molecule has 11 N–H and O–H groups in total. The number of H-pyrrole nitrogens is 1. The highest BCUT2D eigenvalue weighted by Crippen LogP contribution is 2.38. The van der Waals surface area contributed by atoms with Gasteiger partial charge in [-0.3, -0.25) is 5.73 Å². The van der Waals surface area contributed by atoms with Gasteiger partial charge >= 0.3 is 11.9 Å². The summed E-state index contributed by atoms with van der Waals surface area (Å²) >= 11 is 0. The van der Waals surface area contributed by atoms with Crippen molar-refractivity contribution in [3.63, 3.8) is 0 Å². The number of methoxy groups -OCH3 is 3. The van der Waals surface area contributed by atoms with Crippen molar-refractivity contribution in [1.29, 1.82) is 0 Å². The summed E-state index contributed by atoms with van der Waals surface area (Å²) in [5.41, 5.74) is 12.6. The molecule has 0 unspecified atom stereocenters. The SMILES string of the molecule is COc1cc(Cc2c[nH+]c(N)nc2N)cc(OC)c1OC.O.O.O=C(O)c1cc(S(=O)(=O)[O-])ccc1O. The number of rotatable bonds is 7. The summed E-state index contributed by atoms with van der Waals surface area (Å²) in [6.07, 6.45) is 2.30. The molecule has 0 fully saturated rings. The van der Waals surface area contributed by atoms with Gasteiger partial charge < -0.3 is 45.7 Å².